The number of nitrogens with one attached hydrogen (secondary N) is 1. The Hall–Kier alpha value is -3.66. The van der Waals surface area contributed by atoms with Gasteiger partial charge in [-0.25, -0.2) is 0 Å². The van der Waals surface area contributed by atoms with Gasteiger partial charge in [0.2, 0.25) is 5.91 Å². The summed E-state index contributed by atoms with van der Waals surface area (Å²) < 4.78 is 7.93. The van der Waals surface area contributed by atoms with Crippen LogP contribution in [0.2, 0.25) is 0 Å². The number of carbonyl (C=O) groups is 1. The van der Waals surface area contributed by atoms with Gasteiger partial charge in [-0.3, -0.25) is 19.5 Å². The Balaban J connectivity index is 1.69. The maximum atomic E-state index is 12.4. The van der Waals surface area contributed by atoms with E-state index in [-0.39, 0.29) is 29.6 Å². The van der Waals surface area contributed by atoms with Gasteiger partial charge in [-0.1, -0.05) is 56.0 Å². The number of nitro benzene ring substituents is 1. The second kappa shape index (κ2) is 11.5. The second-order valence-corrected chi connectivity index (χ2v) is 8.84. The highest BCUT2D eigenvalue weighted by molar-refractivity contribution is 7.99. The van der Waals surface area contributed by atoms with Crippen molar-refractivity contribution in [3.8, 4) is 5.75 Å². The Kier molecular flexibility index (Phi) is 8.42. The molecular weight excluding hydrogens is 454 g/mol. The summed E-state index contributed by atoms with van der Waals surface area (Å²) in [6.07, 6.45) is 1.72. The van der Waals surface area contributed by atoms with Gasteiger partial charge >= 0.3 is 0 Å². The molecule has 1 amide bonds. The third kappa shape index (κ3) is 6.22. The number of allylic oxidation sites excluding steroid dienone is 1. The van der Waals surface area contributed by atoms with E-state index in [2.05, 4.69) is 48.1 Å². The van der Waals surface area contributed by atoms with Crippen LogP contribution in [0.1, 0.15) is 36.7 Å². The molecule has 178 valence electrons. The Labute approximate surface area is 202 Å². The van der Waals surface area contributed by atoms with Crippen molar-refractivity contribution >= 4 is 29.0 Å². The van der Waals surface area contributed by atoms with E-state index in [1.165, 1.54) is 23.9 Å². The maximum absolute atomic E-state index is 12.4. The molecule has 0 saturated heterocycles. The summed E-state index contributed by atoms with van der Waals surface area (Å²) in [5.74, 6) is 1.36. The molecule has 0 bridgehead atoms. The SMILES string of the molecule is C=CCn1c(COc2cc(C)ccc2C(C)C)nnc1SCC(=O)Nc1ccccc1[N+](=O)[O-]. The standard InChI is InChI=1S/C24H27N5O4S/c1-5-12-28-22(14-33-21-13-17(4)10-11-18(21)16(2)3)26-27-24(28)34-15-23(30)25-19-8-6-7-9-20(19)29(31)32/h5-11,13,16H,1,12,14-15H2,2-4H3,(H,25,30). The fraction of sp³-hybridized carbons (Fsp3) is 0.292. The third-order valence-corrected chi connectivity index (χ3v) is 5.93. The molecule has 10 heteroatoms. The Morgan fingerprint density at radius 3 is 2.76 bits per heavy atom. The molecule has 0 saturated carbocycles. The summed E-state index contributed by atoms with van der Waals surface area (Å²) in [4.78, 5) is 23.0. The van der Waals surface area contributed by atoms with Crippen molar-refractivity contribution in [2.45, 2.75) is 45.0 Å². The average molecular weight is 482 g/mol. The number of benzene rings is 2. The van der Waals surface area contributed by atoms with Gasteiger partial charge in [0, 0.05) is 12.6 Å². The number of thioether (sulfide) groups is 1. The summed E-state index contributed by atoms with van der Waals surface area (Å²) in [6.45, 7) is 10.7. The number of amides is 1. The molecule has 0 aliphatic heterocycles. The lowest BCUT2D eigenvalue weighted by Gasteiger charge is -2.15. The van der Waals surface area contributed by atoms with Crippen LogP contribution in [-0.4, -0.2) is 31.3 Å². The predicted molar refractivity (Wildman–Crippen MR) is 132 cm³/mol. The van der Waals surface area contributed by atoms with E-state index in [4.69, 9.17) is 4.74 Å². The first kappa shape index (κ1) is 25.0. The summed E-state index contributed by atoms with van der Waals surface area (Å²) in [6, 6.07) is 12.1. The van der Waals surface area contributed by atoms with Crippen LogP contribution >= 0.6 is 11.8 Å². The zero-order valence-electron chi connectivity index (χ0n) is 19.4. The van der Waals surface area contributed by atoms with Crippen LogP contribution in [0.3, 0.4) is 0 Å². The summed E-state index contributed by atoms with van der Waals surface area (Å²) >= 11 is 1.19. The molecule has 0 aliphatic carbocycles. The van der Waals surface area contributed by atoms with Crippen LogP contribution in [-0.2, 0) is 17.9 Å². The van der Waals surface area contributed by atoms with Crippen molar-refractivity contribution in [1.82, 2.24) is 14.8 Å². The highest BCUT2D eigenvalue weighted by Crippen LogP contribution is 2.29. The van der Waals surface area contributed by atoms with E-state index < -0.39 is 4.92 Å². The van der Waals surface area contributed by atoms with Crippen LogP contribution in [0.4, 0.5) is 11.4 Å². The van der Waals surface area contributed by atoms with E-state index in [9.17, 15) is 14.9 Å². The Bertz CT molecular complexity index is 1190. The number of para-hydroxylation sites is 2. The number of anilines is 1. The van der Waals surface area contributed by atoms with Gasteiger partial charge in [0.1, 0.15) is 18.0 Å². The molecular formula is C24H27N5O4S. The van der Waals surface area contributed by atoms with E-state index in [0.717, 1.165) is 16.9 Å². The minimum atomic E-state index is -0.533. The zero-order chi connectivity index (χ0) is 24.7. The number of aryl methyl sites for hydroxylation is 1. The molecule has 3 aromatic rings. The number of nitro groups is 1. The number of nitrogens with zero attached hydrogens (tertiary/aromatic N) is 4. The third-order valence-electron chi connectivity index (χ3n) is 4.96. The van der Waals surface area contributed by atoms with E-state index >= 15 is 0 Å². The van der Waals surface area contributed by atoms with E-state index in [1.807, 2.05) is 17.6 Å². The largest absolute Gasteiger partial charge is 0.485 e. The van der Waals surface area contributed by atoms with Crippen molar-refractivity contribution in [2.75, 3.05) is 11.1 Å². The lowest BCUT2D eigenvalue weighted by Crippen LogP contribution is -2.16. The molecule has 34 heavy (non-hydrogen) atoms. The van der Waals surface area contributed by atoms with Gasteiger partial charge < -0.3 is 10.1 Å². The smallest absolute Gasteiger partial charge is 0.292 e. The van der Waals surface area contributed by atoms with Crippen LogP contribution in [0.15, 0.2) is 60.3 Å². The molecule has 0 aliphatic rings. The van der Waals surface area contributed by atoms with Crippen molar-refractivity contribution < 1.29 is 14.5 Å². The highest BCUT2D eigenvalue weighted by atomic mass is 32.2. The molecule has 2 aromatic carbocycles. The molecule has 9 nitrogen and oxygen atoms in total. The molecule has 0 fully saturated rings. The zero-order valence-corrected chi connectivity index (χ0v) is 20.2. The van der Waals surface area contributed by atoms with Crippen LogP contribution < -0.4 is 10.1 Å². The first-order chi connectivity index (χ1) is 16.3. The first-order valence-electron chi connectivity index (χ1n) is 10.7. The topological polar surface area (TPSA) is 112 Å². The molecule has 1 N–H and O–H groups in total. The quantitative estimate of drug-likeness (QED) is 0.175. The van der Waals surface area contributed by atoms with Crippen molar-refractivity contribution in [1.29, 1.82) is 0 Å². The summed E-state index contributed by atoms with van der Waals surface area (Å²) in [5.41, 5.74) is 2.21. The van der Waals surface area contributed by atoms with Gasteiger partial charge in [-0.15, -0.1) is 16.8 Å². The van der Waals surface area contributed by atoms with Gasteiger partial charge in [0.15, 0.2) is 11.0 Å². The van der Waals surface area contributed by atoms with Crippen molar-refractivity contribution in [3.05, 3.63) is 82.2 Å². The normalized spacial score (nSPS) is 10.8. The minimum Gasteiger partial charge on any atom is -0.485 e. The van der Waals surface area contributed by atoms with Gasteiger partial charge in [0.25, 0.3) is 5.69 Å². The predicted octanol–water partition coefficient (Wildman–Crippen LogP) is 5.11. The fourth-order valence-electron chi connectivity index (χ4n) is 3.29. The van der Waals surface area contributed by atoms with Crippen LogP contribution in [0.25, 0.3) is 0 Å². The second-order valence-electron chi connectivity index (χ2n) is 7.89. The molecule has 1 heterocycles. The number of ether oxygens (including phenoxy) is 1. The lowest BCUT2D eigenvalue weighted by molar-refractivity contribution is -0.383. The number of rotatable bonds is 11. The summed E-state index contributed by atoms with van der Waals surface area (Å²) in [7, 11) is 0. The maximum Gasteiger partial charge on any atom is 0.292 e. The number of hydrogen-bond donors (Lipinski definition) is 1. The van der Waals surface area contributed by atoms with Gasteiger partial charge in [-0.2, -0.15) is 0 Å². The molecule has 0 radical (unpaired) electrons. The molecule has 0 unspecified atom stereocenters. The van der Waals surface area contributed by atoms with Crippen molar-refractivity contribution in [3.63, 3.8) is 0 Å². The van der Waals surface area contributed by atoms with Gasteiger partial charge in [-0.05, 0) is 36.1 Å². The molecule has 1 aromatic heterocycles. The van der Waals surface area contributed by atoms with Crippen molar-refractivity contribution in [2.24, 2.45) is 0 Å². The number of hydrogen-bond acceptors (Lipinski definition) is 7. The van der Waals surface area contributed by atoms with Crippen LogP contribution in [0, 0.1) is 17.0 Å². The number of carbonyl (C=O) groups excluding carboxylic acids is 1. The number of aromatic nitrogens is 3. The first-order valence-corrected chi connectivity index (χ1v) is 11.7. The van der Waals surface area contributed by atoms with E-state index in [1.54, 1.807) is 18.2 Å². The highest BCUT2D eigenvalue weighted by Gasteiger charge is 2.18. The molecule has 3 rings (SSSR count). The Morgan fingerprint density at radius 2 is 2.06 bits per heavy atom. The minimum absolute atomic E-state index is 0.0115. The Morgan fingerprint density at radius 1 is 1.29 bits per heavy atom. The van der Waals surface area contributed by atoms with Crippen LogP contribution in [0.5, 0.6) is 5.75 Å². The summed E-state index contributed by atoms with van der Waals surface area (Å²) in [5, 5.41) is 22.7. The van der Waals surface area contributed by atoms with Gasteiger partial charge in [0.05, 0.1) is 10.7 Å². The lowest BCUT2D eigenvalue weighted by atomic mass is 10.0. The van der Waals surface area contributed by atoms with E-state index in [0.29, 0.717) is 23.4 Å². The fourth-order valence-corrected chi connectivity index (χ4v) is 4.05. The average Bonchev–Trinajstić information content (AvgIpc) is 3.18. The monoisotopic (exact) mass is 481 g/mol. The molecule has 0 spiro atoms. The molecule has 0 atom stereocenters.